The fourth-order valence-corrected chi connectivity index (χ4v) is 3.80. The molecule has 5 heteroatoms. The zero-order valence-electron chi connectivity index (χ0n) is 15.0. The summed E-state index contributed by atoms with van der Waals surface area (Å²) in [7, 11) is 0. The quantitative estimate of drug-likeness (QED) is 0.558. The van der Waals surface area contributed by atoms with Crippen molar-refractivity contribution in [2.24, 2.45) is 5.10 Å². The minimum absolute atomic E-state index is 0.0850. The number of hydrogen-bond acceptors (Lipinski definition) is 3. The lowest BCUT2D eigenvalue weighted by Crippen LogP contribution is -2.21. The Balaban J connectivity index is 1.48. The van der Waals surface area contributed by atoms with Gasteiger partial charge in [-0.05, 0) is 56.4 Å². The van der Waals surface area contributed by atoms with Gasteiger partial charge >= 0.3 is 0 Å². The summed E-state index contributed by atoms with van der Waals surface area (Å²) in [4.78, 5) is 12.3. The highest BCUT2D eigenvalue weighted by molar-refractivity contribution is 5.96. The molecule has 0 unspecified atom stereocenters. The minimum Gasteiger partial charge on any atom is -0.463 e. The Labute approximate surface area is 152 Å². The van der Waals surface area contributed by atoms with Gasteiger partial charge in [0.05, 0.1) is 6.26 Å². The lowest BCUT2D eigenvalue weighted by atomic mass is 9.95. The van der Waals surface area contributed by atoms with E-state index in [2.05, 4.69) is 39.4 Å². The zero-order chi connectivity index (χ0) is 17.9. The van der Waals surface area contributed by atoms with E-state index in [1.165, 1.54) is 35.0 Å². The number of nitrogens with one attached hydrogen (secondary N) is 1. The van der Waals surface area contributed by atoms with Crippen LogP contribution in [0.25, 0.3) is 10.9 Å². The molecule has 3 aromatic rings. The second-order valence-electron chi connectivity index (χ2n) is 6.76. The fraction of sp³-hybridized carbons (Fsp3) is 0.333. The molecule has 1 aliphatic rings. The number of carbonyl (C=O) groups excluding carboxylic acids is 1. The van der Waals surface area contributed by atoms with Crippen LogP contribution in [-0.2, 0) is 24.2 Å². The number of nitrogens with zero attached hydrogens (tertiary/aromatic N) is 2. The van der Waals surface area contributed by atoms with Gasteiger partial charge in [-0.3, -0.25) is 4.79 Å². The van der Waals surface area contributed by atoms with E-state index in [-0.39, 0.29) is 5.91 Å². The van der Waals surface area contributed by atoms with Gasteiger partial charge in [0.25, 0.3) is 0 Å². The Morgan fingerprint density at radius 1 is 1.19 bits per heavy atom. The number of amides is 1. The van der Waals surface area contributed by atoms with Crippen molar-refractivity contribution in [1.82, 2.24) is 9.99 Å². The SMILES string of the molecule is C/C(=N/NC(=O)CCn1c2c(c3ccccc31)CCCC2)c1ccco1. The van der Waals surface area contributed by atoms with Gasteiger partial charge in [-0.2, -0.15) is 5.10 Å². The van der Waals surface area contributed by atoms with Crippen LogP contribution in [0.4, 0.5) is 0 Å². The number of para-hydroxylation sites is 1. The first-order chi connectivity index (χ1) is 12.7. The molecule has 2 heterocycles. The molecule has 0 aliphatic heterocycles. The van der Waals surface area contributed by atoms with Crippen LogP contribution in [0.3, 0.4) is 0 Å². The van der Waals surface area contributed by atoms with E-state index in [1.807, 2.05) is 13.0 Å². The Morgan fingerprint density at radius 2 is 2.04 bits per heavy atom. The molecule has 0 spiro atoms. The lowest BCUT2D eigenvalue weighted by Gasteiger charge is -2.15. The lowest BCUT2D eigenvalue weighted by molar-refractivity contribution is -0.121. The number of furan rings is 1. The summed E-state index contributed by atoms with van der Waals surface area (Å²) in [6.07, 6.45) is 6.71. The molecule has 1 aromatic carbocycles. The van der Waals surface area contributed by atoms with Crippen LogP contribution in [0.2, 0.25) is 0 Å². The number of hydrazone groups is 1. The van der Waals surface area contributed by atoms with E-state index in [0.29, 0.717) is 24.4 Å². The number of aromatic nitrogens is 1. The molecule has 1 amide bonds. The largest absolute Gasteiger partial charge is 0.463 e. The molecule has 0 radical (unpaired) electrons. The fourth-order valence-electron chi connectivity index (χ4n) is 3.80. The first-order valence-corrected chi connectivity index (χ1v) is 9.20. The number of carbonyl (C=O) groups is 1. The third-order valence-electron chi connectivity index (χ3n) is 5.07. The van der Waals surface area contributed by atoms with Gasteiger partial charge in [-0.1, -0.05) is 18.2 Å². The topological polar surface area (TPSA) is 59.5 Å². The third kappa shape index (κ3) is 3.17. The van der Waals surface area contributed by atoms with E-state index >= 15 is 0 Å². The maximum atomic E-state index is 12.3. The first-order valence-electron chi connectivity index (χ1n) is 9.20. The second kappa shape index (κ2) is 7.20. The van der Waals surface area contributed by atoms with Crippen molar-refractivity contribution in [2.75, 3.05) is 0 Å². The highest BCUT2D eigenvalue weighted by Crippen LogP contribution is 2.32. The summed E-state index contributed by atoms with van der Waals surface area (Å²) in [5.74, 6) is 0.578. The molecule has 2 aromatic heterocycles. The average molecular weight is 349 g/mol. The summed E-state index contributed by atoms with van der Waals surface area (Å²) in [5, 5.41) is 5.47. The van der Waals surface area contributed by atoms with E-state index in [0.717, 1.165) is 12.8 Å². The number of fused-ring (bicyclic) bond motifs is 3. The molecule has 26 heavy (non-hydrogen) atoms. The number of benzene rings is 1. The molecule has 134 valence electrons. The predicted molar refractivity (Wildman–Crippen MR) is 102 cm³/mol. The zero-order valence-corrected chi connectivity index (χ0v) is 15.0. The molecule has 1 N–H and O–H groups in total. The molecule has 0 bridgehead atoms. The van der Waals surface area contributed by atoms with Gasteiger partial charge < -0.3 is 8.98 Å². The Hall–Kier alpha value is -2.82. The predicted octanol–water partition coefficient (Wildman–Crippen LogP) is 4.04. The van der Waals surface area contributed by atoms with Gasteiger partial charge in [0.2, 0.25) is 5.91 Å². The molecule has 0 atom stereocenters. The van der Waals surface area contributed by atoms with Crippen LogP contribution in [0.5, 0.6) is 0 Å². The van der Waals surface area contributed by atoms with E-state index < -0.39 is 0 Å². The molecule has 0 saturated heterocycles. The number of aryl methyl sites for hydroxylation is 2. The monoisotopic (exact) mass is 349 g/mol. The van der Waals surface area contributed by atoms with E-state index in [9.17, 15) is 4.79 Å². The standard InChI is InChI=1S/C21H23N3O2/c1-15(20-11-6-14-26-20)22-23-21(25)12-13-24-18-9-4-2-7-16(18)17-8-3-5-10-19(17)24/h2,4,6-7,9,11,14H,3,5,8,10,12-13H2,1H3,(H,23,25)/b22-15-. The van der Waals surface area contributed by atoms with Crippen LogP contribution < -0.4 is 5.43 Å². The van der Waals surface area contributed by atoms with E-state index in [1.54, 1.807) is 12.3 Å². The molecular weight excluding hydrogens is 326 g/mol. The van der Waals surface area contributed by atoms with Crippen molar-refractivity contribution in [3.05, 3.63) is 59.7 Å². The van der Waals surface area contributed by atoms with Gasteiger partial charge in [0, 0.05) is 29.6 Å². The highest BCUT2D eigenvalue weighted by atomic mass is 16.3. The van der Waals surface area contributed by atoms with Crippen LogP contribution in [-0.4, -0.2) is 16.2 Å². The normalized spacial score (nSPS) is 14.4. The summed E-state index contributed by atoms with van der Waals surface area (Å²) in [6.45, 7) is 2.49. The molecular formula is C21H23N3O2. The van der Waals surface area contributed by atoms with Crippen LogP contribution in [0.1, 0.15) is 43.2 Å². The van der Waals surface area contributed by atoms with Gasteiger partial charge in [0.1, 0.15) is 11.5 Å². The summed E-state index contributed by atoms with van der Waals surface area (Å²) in [6, 6.07) is 12.2. The van der Waals surface area contributed by atoms with Crippen LogP contribution >= 0.6 is 0 Å². The van der Waals surface area contributed by atoms with Crippen LogP contribution in [0, 0.1) is 0 Å². The molecule has 0 saturated carbocycles. The van der Waals surface area contributed by atoms with Crippen molar-refractivity contribution in [2.45, 2.75) is 45.6 Å². The van der Waals surface area contributed by atoms with Crippen molar-refractivity contribution in [3.63, 3.8) is 0 Å². The van der Waals surface area contributed by atoms with E-state index in [4.69, 9.17) is 4.42 Å². The van der Waals surface area contributed by atoms with Crippen molar-refractivity contribution in [1.29, 1.82) is 0 Å². The Morgan fingerprint density at radius 3 is 2.88 bits per heavy atom. The Bertz CT molecular complexity index is 951. The summed E-state index contributed by atoms with van der Waals surface area (Å²) >= 11 is 0. The van der Waals surface area contributed by atoms with Crippen molar-refractivity contribution in [3.8, 4) is 0 Å². The van der Waals surface area contributed by atoms with Gasteiger partial charge in [-0.15, -0.1) is 0 Å². The van der Waals surface area contributed by atoms with Crippen LogP contribution in [0.15, 0.2) is 52.2 Å². The molecule has 4 rings (SSSR count). The summed E-state index contributed by atoms with van der Waals surface area (Å²) in [5.41, 5.74) is 7.41. The smallest absolute Gasteiger partial charge is 0.241 e. The highest BCUT2D eigenvalue weighted by Gasteiger charge is 2.19. The second-order valence-corrected chi connectivity index (χ2v) is 6.76. The maximum absolute atomic E-state index is 12.3. The number of rotatable bonds is 5. The van der Waals surface area contributed by atoms with Gasteiger partial charge in [0.15, 0.2) is 0 Å². The number of hydrogen-bond donors (Lipinski definition) is 1. The molecule has 0 fully saturated rings. The Kier molecular flexibility index (Phi) is 4.61. The molecule has 1 aliphatic carbocycles. The minimum atomic E-state index is -0.0850. The summed E-state index contributed by atoms with van der Waals surface area (Å²) < 4.78 is 7.60. The van der Waals surface area contributed by atoms with Gasteiger partial charge in [-0.25, -0.2) is 5.43 Å². The first kappa shape index (κ1) is 16.6. The average Bonchev–Trinajstić information content (AvgIpc) is 3.31. The van der Waals surface area contributed by atoms with Crippen molar-refractivity contribution >= 4 is 22.5 Å². The third-order valence-corrected chi connectivity index (χ3v) is 5.07. The molecule has 5 nitrogen and oxygen atoms in total. The van der Waals surface area contributed by atoms with Crippen molar-refractivity contribution < 1.29 is 9.21 Å². The maximum Gasteiger partial charge on any atom is 0.241 e.